The molecule has 0 saturated carbocycles. The van der Waals surface area contributed by atoms with Gasteiger partial charge in [-0.1, -0.05) is 12.1 Å². The SMILES string of the molecule is N#Cc1c(-c2ccc(N)cc2)coc1N. The lowest BCUT2D eigenvalue weighted by atomic mass is 10.0. The van der Waals surface area contributed by atoms with Crippen LogP contribution in [0.25, 0.3) is 11.1 Å². The van der Waals surface area contributed by atoms with Crippen molar-refractivity contribution in [2.24, 2.45) is 0 Å². The van der Waals surface area contributed by atoms with E-state index in [0.29, 0.717) is 16.8 Å². The molecule has 4 heteroatoms. The van der Waals surface area contributed by atoms with E-state index < -0.39 is 0 Å². The molecule has 2 aromatic rings. The van der Waals surface area contributed by atoms with Crippen LogP contribution < -0.4 is 11.5 Å². The van der Waals surface area contributed by atoms with Crippen molar-refractivity contribution in [3.05, 3.63) is 36.1 Å². The molecule has 0 unspecified atom stereocenters. The molecule has 2 rings (SSSR count). The minimum absolute atomic E-state index is 0.143. The van der Waals surface area contributed by atoms with Gasteiger partial charge in [-0.15, -0.1) is 0 Å². The molecule has 0 aliphatic heterocycles. The van der Waals surface area contributed by atoms with Crippen molar-refractivity contribution >= 4 is 11.6 Å². The first-order valence-electron chi connectivity index (χ1n) is 4.35. The standard InChI is InChI=1S/C11H9N3O/c12-5-9-10(6-15-11(9)14)7-1-3-8(13)4-2-7/h1-4,6H,13-14H2. The van der Waals surface area contributed by atoms with Gasteiger partial charge < -0.3 is 15.9 Å². The summed E-state index contributed by atoms with van der Waals surface area (Å²) < 4.78 is 5.00. The maximum Gasteiger partial charge on any atom is 0.208 e. The molecule has 4 N–H and O–H groups in total. The first-order chi connectivity index (χ1) is 7.22. The molecular formula is C11H9N3O. The van der Waals surface area contributed by atoms with Crippen LogP contribution in [0.5, 0.6) is 0 Å². The Hall–Kier alpha value is -2.41. The normalized spacial score (nSPS) is 9.80. The Bertz CT molecular complexity index is 520. The minimum Gasteiger partial charge on any atom is -0.447 e. The van der Waals surface area contributed by atoms with Crippen LogP contribution in [0.3, 0.4) is 0 Å². The number of hydrogen-bond donors (Lipinski definition) is 2. The van der Waals surface area contributed by atoms with E-state index in [0.717, 1.165) is 5.56 Å². The molecule has 0 radical (unpaired) electrons. The molecule has 74 valence electrons. The first-order valence-corrected chi connectivity index (χ1v) is 4.35. The van der Waals surface area contributed by atoms with Gasteiger partial charge in [0.15, 0.2) is 0 Å². The monoisotopic (exact) mass is 199 g/mol. The van der Waals surface area contributed by atoms with E-state index in [-0.39, 0.29) is 5.88 Å². The fourth-order valence-corrected chi connectivity index (χ4v) is 1.36. The Morgan fingerprint density at radius 1 is 1.13 bits per heavy atom. The highest BCUT2D eigenvalue weighted by Crippen LogP contribution is 2.29. The predicted molar refractivity (Wildman–Crippen MR) is 57.7 cm³/mol. The largest absolute Gasteiger partial charge is 0.447 e. The van der Waals surface area contributed by atoms with E-state index in [9.17, 15) is 0 Å². The maximum atomic E-state index is 8.89. The van der Waals surface area contributed by atoms with Crippen molar-refractivity contribution in [1.29, 1.82) is 5.26 Å². The van der Waals surface area contributed by atoms with E-state index in [4.69, 9.17) is 21.1 Å². The Morgan fingerprint density at radius 3 is 2.40 bits per heavy atom. The van der Waals surface area contributed by atoms with Gasteiger partial charge in [-0.05, 0) is 17.7 Å². The van der Waals surface area contributed by atoms with Gasteiger partial charge in [0.05, 0.1) is 0 Å². The summed E-state index contributed by atoms with van der Waals surface area (Å²) in [6.07, 6.45) is 1.47. The Morgan fingerprint density at radius 2 is 1.80 bits per heavy atom. The average Bonchev–Trinajstić information content (AvgIpc) is 2.61. The second-order valence-electron chi connectivity index (χ2n) is 3.12. The molecule has 1 heterocycles. The molecular weight excluding hydrogens is 190 g/mol. The van der Waals surface area contributed by atoms with Crippen LogP contribution in [0, 0.1) is 11.3 Å². The molecule has 1 aromatic heterocycles. The van der Waals surface area contributed by atoms with Crippen molar-refractivity contribution in [3.8, 4) is 17.2 Å². The maximum absolute atomic E-state index is 8.89. The lowest BCUT2D eigenvalue weighted by molar-refractivity contribution is 0.588. The number of rotatable bonds is 1. The number of furan rings is 1. The predicted octanol–water partition coefficient (Wildman–Crippen LogP) is 1.98. The van der Waals surface area contributed by atoms with E-state index in [2.05, 4.69) is 0 Å². The molecule has 0 aliphatic carbocycles. The van der Waals surface area contributed by atoms with Crippen LogP contribution in [0.1, 0.15) is 5.56 Å². The highest BCUT2D eigenvalue weighted by molar-refractivity contribution is 5.75. The zero-order chi connectivity index (χ0) is 10.8. The highest BCUT2D eigenvalue weighted by atomic mass is 16.3. The van der Waals surface area contributed by atoms with Gasteiger partial charge in [0.2, 0.25) is 5.88 Å². The van der Waals surface area contributed by atoms with E-state index >= 15 is 0 Å². The highest BCUT2D eigenvalue weighted by Gasteiger charge is 2.11. The summed E-state index contributed by atoms with van der Waals surface area (Å²) in [5.41, 5.74) is 13.7. The van der Waals surface area contributed by atoms with E-state index in [1.54, 1.807) is 12.1 Å². The molecule has 0 saturated heterocycles. The van der Waals surface area contributed by atoms with E-state index in [1.165, 1.54) is 6.26 Å². The minimum atomic E-state index is 0.143. The summed E-state index contributed by atoms with van der Waals surface area (Å²) in [7, 11) is 0. The van der Waals surface area contributed by atoms with Gasteiger partial charge in [-0.25, -0.2) is 0 Å². The fraction of sp³-hybridized carbons (Fsp3) is 0. The molecule has 0 aliphatic rings. The molecule has 0 atom stereocenters. The summed E-state index contributed by atoms with van der Waals surface area (Å²) in [6, 6.07) is 9.17. The second-order valence-corrected chi connectivity index (χ2v) is 3.12. The van der Waals surface area contributed by atoms with Gasteiger partial charge in [-0.3, -0.25) is 0 Å². The molecule has 0 fully saturated rings. The first kappa shape index (κ1) is 9.16. The molecule has 0 amide bonds. The number of hydrogen-bond acceptors (Lipinski definition) is 4. The third-order valence-electron chi connectivity index (χ3n) is 2.15. The van der Waals surface area contributed by atoms with Crippen molar-refractivity contribution < 1.29 is 4.42 Å². The number of benzene rings is 1. The lowest BCUT2D eigenvalue weighted by Gasteiger charge is -1.98. The fourth-order valence-electron chi connectivity index (χ4n) is 1.36. The summed E-state index contributed by atoms with van der Waals surface area (Å²) >= 11 is 0. The molecule has 1 aromatic carbocycles. The average molecular weight is 199 g/mol. The Labute approximate surface area is 86.7 Å². The summed E-state index contributed by atoms with van der Waals surface area (Å²) in [6.45, 7) is 0. The second kappa shape index (κ2) is 3.39. The molecule has 4 nitrogen and oxygen atoms in total. The van der Waals surface area contributed by atoms with Gasteiger partial charge >= 0.3 is 0 Å². The number of anilines is 2. The van der Waals surface area contributed by atoms with Crippen LogP contribution in [-0.4, -0.2) is 0 Å². The Kier molecular flexibility index (Phi) is 2.07. The third kappa shape index (κ3) is 1.51. The zero-order valence-corrected chi connectivity index (χ0v) is 7.90. The van der Waals surface area contributed by atoms with Gasteiger partial charge in [0.25, 0.3) is 0 Å². The quantitative estimate of drug-likeness (QED) is 0.687. The topological polar surface area (TPSA) is 89.0 Å². The number of nitrogens with zero attached hydrogens (tertiary/aromatic N) is 1. The van der Waals surface area contributed by atoms with Crippen LogP contribution in [-0.2, 0) is 0 Å². The van der Waals surface area contributed by atoms with Gasteiger partial charge in [-0.2, -0.15) is 5.26 Å². The van der Waals surface area contributed by atoms with Crippen molar-refractivity contribution in [3.63, 3.8) is 0 Å². The zero-order valence-electron chi connectivity index (χ0n) is 7.90. The van der Waals surface area contributed by atoms with Crippen molar-refractivity contribution in [2.75, 3.05) is 11.5 Å². The van der Waals surface area contributed by atoms with Crippen molar-refractivity contribution in [2.45, 2.75) is 0 Å². The Balaban J connectivity index is 2.55. The number of nitrogen functional groups attached to an aromatic ring is 2. The van der Waals surface area contributed by atoms with Crippen LogP contribution in [0.15, 0.2) is 34.9 Å². The van der Waals surface area contributed by atoms with Crippen LogP contribution in [0.2, 0.25) is 0 Å². The molecule has 0 spiro atoms. The number of nitrogens with two attached hydrogens (primary N) is 2. The summed E-state index contributed by atoms with van der Waals surface area (Å²) in [5, 5.41) is 8.89. The molecule has 0 bridgehead atoms. The van der Waals surface area contributed by atoms with Crippen molar-refractivity contribution in [1.82, 2.24) is 0 Å². The number of nitriles is 1. The van der Waals surface area contributed by atoms with Crippen LogP contribution >= 0.6 is 0 Å². The van der Waals surface area contributed by atoms with E-state index in [1.807, 2.05) is 18.2 Å². The summed E-state index contributed by atoms with van der Waals surface area (Å²) in [4.78, 5) is 0. The lowest BCUT2D eigenvalue weighted by Crippen LogP contribution is -1.87. The van der Waals surface area contributed by atoms with Gasteiger partial charge in [0.1, 0.15) is 17.9 Å². The molecule has 15 heavy (non-hydrogen) atoms. The van der Waals surface area contributed by atoms with Gasteiger partial charge in [0, 0.05) is 11.3 Å². The van der Waals surface area contributed by atoms with Crippen LogP contribution in [0.4, 0.5) is 11.6 Å². The summed E-state index contributed by atoms with van der Waals surface area (Å²) in [5.74, 6) is 0.143. The smallest absolute Gasteiger partial charge is 0.208 e. The third-order valence-corrected chi connectivity index (χ3v) is 2.15.